The van der Waals surface area contributed by atoms with Crippen LogP contribution in [-0.4, -0.2) is 42.2 Å². The van der Waals surface area contributed by atoms with E-state index in [1.54, 1.807) is 28.3 Å². The molecule has 2 N–H and O–H groups in total. The normalized spacial score (nSPS) is 16.9. The van der Waals surface area contributed by atoms with E-state index in [1.807, 2.05) is 20.0 Å². The zero-order valence-corrected chi connectivity index (χ0v) is 14.2. The van der Waals surface area contributed by atoms with Crippen molar-refractivity contribution in [1.29, 1.82) is 0 Å². The maximum Gasteiger partial charge on any atom is 0.324 e. The first-order valence-electron chi connectivity index (χ1n) is 7.63. The Labute approximate surface area is 142 Å². The van der Waals surface area contributed by atoms with E-state index >= 15 is 0 Å². The van der Waals surface area contributed by atoms with Gasteiger partial charge < -0.3 is 9.88 Å². The third-order valence-electron chi connectivity index (χ3n) is 4.16. The number of nitrogens with zero attached hydrogens (tertiary/aromatic N) is 5. The molecule has 4 heterocycles. The van der Waals surface area contributed by atoms with Crippen LogP contribution in [0.3, 0.4) is 0 Å². The molecule has 2 amide bonds. The average Bonchev–Trinajstić information content (AvgIpc) is 3.27. The van der Waals surface area contributed by atoms with Crippen LogP contribution in [0.25, 0.3) is 0 Å². The van der Waals surface area contributed by atoms with E-state index < -0.39 is 0 Å². The van der Waals surface area contributed by atoms with Gasteiger partial charge in [-0.3, -0.25) is 10.00 Å². The van der Waals surface area contributed by atoms with Crippen molar-refractivity contribution < 1.29 is 4.79 Å². The van der Waals surface area contributed by atoms with Crippen molar-refractivity contribution in [3.8, 4) is 0 Å². The van der Waals surface area contributed by atoms with E-state index in [2.05, 4.69) is 25.4 Å². The summed E-state index contributed by atoms with van der Waals surface area (Å²) in [5, 5.41) is 7.74. The van der Waals surface area contributed by atoms with Gasteiger partial charge in [-0.15, -0.1) is 11.3 Å². The lowest BCUT2D eigenvalue weighted by Gasteiger charge is -2.34. The van der Waals surface area contributed by atoms with E-state index in [-0.39, 0.29) is 12.1 Å². The number of anilines is 1. The standard InChI is InChI=1S/C15H17N7OS/c1-9-7-16-14(24-9)20-15(23)22-6-4-10-12(18-8-17-10)13(22)11-3-5-19-21(11)2/h3,5,7-8,13H,4,6H2,1-2H3,(H,17,18)(H,16,20,23). The number of amides is 2. The Balaban J connectivity index is 1.68. The van der Waals surface area contributed by atoms with Gasteiger partial charge in [0.2, 0.25) is 0 Å². The Morgan fingerprint density at radius 1 is 1.46 bits per heavy atom. The van der Waals surface area contributed by atoms with Crippen LogP contribution in [0.1, 0.15) is 28.0 Å². The molecule has 8 nitrogen and oxygen atoms in total. The molecule has 1 aliphatic heterocycles. The quantitative estimate of drug-likeness (QED) is 0.745. The van der Waals surface area contributed by atoms with Crippen LogP contribution in [0.5, 0.6) is 0 Å². The van der Waals surface area contributed by atoms with Crippen molar-refractivity contribution in [2.75, 3.05) is 11.9 Å². The van der Waals surface area contributed by atoms with Gasteiger partial charge in [-0.05, 0) is 13.0 Å². The van der Waals surface area contributed by atoms with Gasteiger partial charge in [-0.1, -0.05) is 0 Å². The van der Waals surface area contributed by atoms with Crippen molar-refractivity contribution in [1.82, 2.24) is 29.6 Å². The summed E-state index contributed by atoms with van der Waals surface area (Å²) < 4.78 is 1.78. The molecule has 0 aromatic carbocycles. The number of fused-ring (bicyclic) bond motifs is 1. The SMILES string of the molecule is Cc1cnc(NC(=O)N2CCc3[nH]cnc3C2c2ccnn2C)s1. The van der Waals surface area contributed by atoms with Gasteiger partial charge in [0.25, 0.3) is 0 Å². The smallest absolute Gasteiger partial charge is 0.324 e. The molecule has 0 saturated carbocycles. The summed E-state index contributed by atoms with van der Waals surface area (Å²) in [5.74, 6) is 0. The van der Waals surface area contributed by atoms with Crippen LogP contribution in [0.15, 0.2) is 24.8 Å². The topological polar surface area (TPSA) is 91.7 Å². The highest BCUT2D eigenvalue weighted by atomic mass is 32.1. The van der Waals surface area contributed by atoms with E-state index in [4.69, 9.17) is 0 Å². The molecule has 3 aromatic heterocycles. The highest BCUT2D eigenvalue weighted by molar-refractivity contribution is 7.15. The first-order valence-corrected chi connectivity index (χ1v) is 8.45. The Kier molecular flexibility index (Phi) is 3.57. The van der Waals surface area contributed by atoms with E-state index in [0.717, 1.165) is 28.4 Å². The van der Waals surface area contributed by atoms with Gasteiger partial charge >= 0.3 is 6.03 Å². The second-order valence-corrected chi connectivity index (χ2v) is 6.93. The molecule has 0 radical (unpaired) electrons. The minimum absolute atomic E-state index is 0.177. The lowest BCUT2D eigenvalue weighted by Crippen LogP contribution is -2.43. The Morgan fingerprint density at radius 2 is 2.33 bits per heavy atom. The number of thiazole rings is 1. The highest BCUT2D eigenvalue weighted by Crippen LogP contribution is 2.33. The maximum absolute atomic E-state index is 12.8. The molecule has 0 aliphatic carbocycles. The van der Waals surface area contributed by atoms with Crippen molar-refractivity contribution in [3.05, 3.63) is 46.7 Å². The summed E-state index contributed by atoms with van der Waals surface area (Å²) in [4.78, 5) is 27.5. The van der Waals surface area contributed by atoms with Crippen LogP contribution < -0.4 is 5.32 Å². The van der Waals surface area contributed by atoms with Gasteiger partial charge in [0, 0.05) is 43.0 Å². The molecule has 4 rings (SSSR count). The van der Waals surface area contributed by atoms with Crippen LogP contribution in [0.4, 0.5) is 9.93 Å². The lowest BCUT2D eigenvalue weighted by atomic mass is 10.0. The van der Waals surface area contributed by atoms with Crippen LogP contribution >= 0.6 is 11.3 Å². The Bertz CT molecular complexity index is 880. The minimum atomic E-state index is -0.270. The molecule has 1 aliphatic rings. The summed E-state index contributed by atoms with van der Waals surface area (Å²) in [6, 6.07) is 1.47. The van der Waals surface area contributed by atoms with Crippen molar-refractivity contribution in [2.24, 2.45) is 7.05 Å². The summed E-state index contributed by atoms with van der Waals surface area (Å²) in [5.41, 5.74) is 2.86. The fourth-order valence-electron chi connectivity index (χ4n) is 3.02. The molecule has 0 spiro atoms. The fourth-order valence-corrected chi connectivity index (χ4v) is 3.68. The Hall–Kier alpha value is -2.68. The number of H-pyrrole nitrogens is 1. The molecule has 0 saturated heterocycles. The molecule has 0 bridgehead atoms. The van der Waals surface area contributed by atoms with Gasteiger partial charge in [-0.25, -0.2) is 14.8 Å². The van der Waals surface area contributed by atoms with Crippen LogP contribution in [0.2, 0.25) is 0 Å². The zero-order valence-electron chi connectivity index (χ0n) is 13.4. The van der Waals surface area contributed by atoms with E-state index in [9.17, 15) is 4.79 Å². The number of hydrogen-bond donors (Lipinski definition) is 2. The summed E-state index contributed by atoms with van der Waals surface area (Å²) in [7, 11) is 1.87. The molecule has 124 valence electrons. The van der Waals surface area contributed by atoms with Gasteiger partial charge in [-0.2, -0.15) is 5.10 Å². The van der Waals surface area contributed by atoms with Crippen molar-refractivity contribution in [3.63, 3.8) is 0 Å². The van der Waals surface area contributed by atoms with Crippen molar-refractivity contribution in [2.45, 2.75) is 19.4 Å². The predicted octanol–water partition coefficient (Wildman–Crippen LogP) is 2.09. The number of nitrogens with one attached hydrogen (secondary N) is 2. The third-order valence-corrected chi connectivity index (χ3v) is 4.99. The Morgan fingerprint density at radius 3 is 3.04 bits per heavy atom. The number of hydrogen-bond acceptors (Lipinski definition) is 5. The monoisotopic (exact) mass is 343 g/mol. The number of carbonyl (C=O) groups is 1. The summed E-state index contributed by atoms with van der Waals surface area (Å²) >= 11 is 1.46. The number of carbonyl (C=O) groups excluding carboxylic acids is 1. The van der Waals surface area contributed by atoms with Crippen molar-refractivity contribution >= 4 is 22.5 Å². The summed E-state index contributed by atoms with van der Waals surface area (Å²) in [6.07, 6.45) is 5.91. The maximum atomic E-state index is 12.8. The number of aromatic amines is 1. The van der Waals surface area contributed by atoms with Gasteiger partial charge in [0.15, 0.2) is 5.13 Å². The van der Waals surface area contributed by atoms with Crippen LogP contribution in [0, 0.1) is 6.92 Å². The number of rotatable bonds is 2. The predicted molar refractivity (Wildman–Crippen MR) is 89.9 cm³/mol. The molecule has 1 unspecified atom stereocenters. The minimum Gasteiger partial charge on any atom is -0.348 e. The van der Waals surface area contributed by atoms with Gasteiger partial charge in [0.1, 0.15) is 6.04 Å². The first kappa shape index (κ1) is 14.9. The second-order valence-electron chi connectivity index (χ2n) is 5.70. The average molecular weight is 343 g/mol. The number of aryl methyl sites for hydroxylation is 2. The van der Waals surface area contributed by atoms with E-state index in [1.165, 1.54) is 11.3 Å². The highest BCUT2D eigenvalue weighted by Gasteiger charge is 2.35. The largest absolute Gasteiger partial charge is 0.348 e. The molecule has 9 heteroatoms. The summed E-state index contributed by atoms with van der Waals surface area (Å²) in [6.45, 7) is 2.56. The molecule has 3 aromatic rings. The van der Waals surface area contributed by atoms with E-state index in [0.29, 0.717) is 11.7 Å². The molecule has 0 fully saturated rings. The molecular formula is C15H17N7OS. The first-order chi connectivity index (χ1) is 11.6. The lowest BCUT2D eigenvalue weighted by molar-refractivity contribution is 0.190. The second kappa shape index (κ2) is 5.75. The van der Waals surface area contributed by atoms with Gasteiger partial charge in [0.05, 0.1) is 17.7 Å². The zero-order chi connectivity index (χ0) is 16.7. The molecule has 24 heavy (non-hydrogen) atoms. The third kappa shape index (κ3) is 2.46. The van der Waals surface area contributed by atoms with Crippen LogP contribution in [-0.2, 0) is 13.5 Å². The molecular weight excluding hydrogens is 326 g/mol. The molecule has 1 atom stereocenters. The number of aromatic nitrogens is 5. The number of urea groups is 1. The fraction of sp³-hybridized carbons (Fsp3) is 0.333. The number of imidazole rings is 1.